The Morgan fingerprint density at radius 3 is 2.00 bits per heavy atom. The Morgan fingerprint density at radius 2 is 1.50 bits per heavy atom. The van der Waals surface area contributed by atoms with Gasteiger partial charge in [-0.1, -0.05) is 35.9 Å². The highest BCUT2D eigenvalue weighted by molar-refractivity contribution is 6.30. The normalized spacial score (nSPS) is 10.3. The summed E-state index contributed by atoms with van der Waals surface area (Å²) in [6.45, 7) is 0.551. The first kappa shape index (κ1) is 12.8. The predicted octanol–water partition coefficient (Wildman–Crippen LogP) is 3.72. The lowest BCUT2D eigenvalue weighted by Crippen LogP contribution is -2.01. The molecule has 2 rings (SSSR count). The van der Waals surface area contributed by atoms with Gasteiger partial charge in [0.05, 0.1) is 6.61 Å². The number of carbonyl (C=O) groups excluding carboxylic acids is 1. The summed E-state index contributed by atoms with van der Waals surface area (Å²) in [6, 6.07) is 14.3. The number of methoxy groups -OCH3 is 1. The van der Waals surface area contributed by atoms with Gasteiger partial charge in [0.15, 0.2) is 5.78 Å². The van der Waals surface area contributed by atoms with Crippen molar-refractivity contribution in [1.29, 1.82) is 0 Å². The molecule has 92 valence electrons. The number of ether oxygens (including phenoxy) is 1. The number of hydrogen-bond acceptors (Lipinski definition) is 2. The summed E-state index contributed by atoms with van der Waals surface area (Å²) in [5.41, 5.74) is 2.35. The molecule has 2 aromatic rings. The fourth-order valence-electron chi connectivity index (χ4n) is 1.69. The third-order valence-electron chi connectivity index (χ3n) is 2.63. The van der Waals surface area contributed by atoms with Crippen LogP contribution in [0.25, 0.3) is 0 Å². The Labute approximate surface area is 111 Å². The third-order valence-corrected chi connectivity index (χ3v) is 2.89. The van der Waals surface area contributed by atoms with Gasteiger partial charge in [-0.05, 0) is 29.8 Å². The maximum absolute atomic E-state index is 12.2. The van der Waals surface area contributed by atoms with E-state index in [0.29, 0.717) is 22.8 Å². The summed E-state index contributed by atoms with van der Waals surface area (Å²) in [7, 11) is 1.65. The zero-order valence-electron chi connectivity index (χ0n) is 10.0. The van der Waals surface area contributed by atoms with E-state index < -0.39 is 0 Å². The molecule has 0 bridgehead atoms. The molecule has 0 aliphatic heterocycles. The number of hydrogen-bond donors (Lipinski definition) is 0. The van der Waals surface area contributed by atoms with Crippen LogP contribution in [0.2, 0.25) is 5.02 Å². The van der Waals surface area contributed by atoms with Gasteiger partial charge in [0.25, 0.3) is 0 Å². The van der Waals surface area contributed by atoms with Crippen molar-refractivity contribution in [3.8, 4) is 0 Å². The van der Waals surface area contributed by atoms with Gasteiger partial charge in [0.2, 0.25) is 0 Å². The first-order chi connectivity index (χ1) is 8.70. The van der Waals surface area contributed by atoms with Gasteiger partial charge >= 0.3 is 0 Å². The second kappa shape index (κ2) is 5.80. The number of halogens is 1. The van der Waals surface area contributed by atoms with E-state index in [2.05, 4.69) is 0 Å². The van der Waals surface area contributed by atoms with E-state index in [4.69, 9.17) is 16.3 Å². The molecular formula is C15H13ClO2. The molecule has 0 saturated heterocycles. The molecule has 0 radical (unpaired) electrons. The molecule has 0 aliphatic rings. The molecule has 18 heavy (non-hydrogen) atoms. The molecule has 0 aromatic heterocycles. The van der Waals surface area contributed by atoms with Gasteiger partial charge in [-0.2, -0.15) is 0 Å². The van der Waals surface area contributed by atoms with Crippen molar-refractivity contribution in [2.45, 2.75) is 6.61 Å². The maximum Gasteiger partial charge on any atom is 0.193 e. The van der Waals surface area contributed by atoms with Crippen LogP contribution < -0.4 is 0 Å². The van der Waals surface area contributed by atoms with Crippen molar-refractivity contribution >= 4 is 17.4 Å². The first-order valence-electron chi connectivity index (χ1n) is 5.59. The Morgan fingerprint density at radius 1 is 1.00 bits per heavy atom. The van der Waals surface area contributed by atoms with Crippen molar-refractivity contribution in [3.63, 3.8) is 0 Å². The van der Waals surface area contributed by atoms with Crippen LogP contribution in [0.15, 0.2) is 48.5 Å². The minimum Gasteiger partial charge on any atom is -0.380 e. The summed E-state index contributed by atoms with van der Waals surface area (Å²) in [5, 5.41) is 0.627. The topological polar surface area (TPSA) is 26.3 Å². The lowest BCUT2D eigenvalue weighted by Gasteiger charge is -2.03. The first-order valence-corrected chi connectivity index (χ1v) is 5.96. The number of benzene rings is 2. The van der Waals surface area contributed by atoms with Crippen molar-refractivity contribution in [3.05, 3.63) is 70.2 Å². The fourth-order valence-corrected chi connectivity index (χ4v) is 1.81. The summed E-state index contributed by atoms with van der Waals surface area (Å²) in [6.07, 6.45) is 0. The van der Waals surface area contributed by atoms with E-state index in [9.17, 15) is 4.79 Å². The molecular weight excluding hydrogens is 248 g/mol. The number of ketones is 1. The van der Waals surface area contributed by atoms with Gasteiger partial charge in [0.1, 0.15) is 0 Å². The third kappa shape index (κ3) is 2.97. The van der Waals surface area contributed by atoms with Gasteiger partial charge in [-0.25, -0.2) is 0 Å². The molecule has 0 fully saturated rings. The SMILES string of the molecule is COCc1ccc(C(=O)c2ccc(Cl)cc2)cc1. The van der Waals surface area contributed by atoms with E-state index in [1.54, 1.807) is 31.4 Å². The van der Waals surface area contributed by atoms with Crippen LogP contribution in [-0.2, 0) is 11.3 Å². The maximum atomic E-state index is 12.2. The van der Waals surface area contributed by atoms with E-state index >= 15 is 0 Å². The predicted molar refractivity (Wildman–Crippen MR) is 72.0 cm³/mol. The van der Waals surface area contributed by atoms with E-state index in [0.717, 1.165) is 5.56 Å². The average Bonchev–Trinajstić information content (AvgIpc) is 2.40. The summed E-state index contributed by atoms with van der Waals surface area (Å²) < 4.78 is 5.03. The largest absolute Gasteiger partial charge is 0.380 e. The Hall–Kier alpha value is -1.64. The minimum absolute atomic E-state index is 0.00404. The van der Waals surface area contributed by atoms with Gasteiger partial charge in [-0.3, -0.25) is 4.79 Å². The minimum atomic E-state index is -0.00404. The molecule has 0 unspecified atom stereocenters. The summed E-state index contributed by atoms with van der Waals surface area (Å²) in [4.78, 5) is 12.2. The van der Waals surface area contributed by atoms with Gasteiger partial charge in [-0.15, -0.1) is 0 Å². The van der Waals surface area contributed by atoms with Crippen molar-refractivity contribution in [2.24, 2.45) is 0 Å². The lowest BCUT2D eigenvalue weighted by molar-refractivity contribution is 0.103. The van der Waals surface area contributed by atoms with Crippen LogP contribution in [0.4, 0.5) is 0 Å². The second-order valence-corrected chi connectivity index (χ2v) is 4.40. The molecule has 0 saturated carbocycles. The van der Waals surface area contributed by atoms with Crippen LogP contribution in [-0.4, -0.2) is 12.9 Å². The fraction of sp³-hybridized carbons (Fsp3) is 0.133. The number of rotatable bonds is 4. The zero-order chi connectivity index (χ0) is 13.0. The highest BCUT2D eigenvalue weighted by atomic mass is 35.5. The second-order valence-electron chi connectivity index (χ2n) is 3.97. The van der Waals surface area contributed by atoms with E-state index in [-0.39, 0.29) is 5.78 Å². The quantitative estimate of drug-likeness (QED) is 0.783. The van der Waals surface area contributed by atoms with Crippen LogP contribution in [0.5, 0.6) is 0 Å². The van der Waals surface area contributed by atoms with Crippen molar-refractivity contribution in [2.75, 3.05) is 7.11 Å². The van der Waals surface area contributed by atoms with E-state index in [1.807, 2.05) is 24.3 Å². The van der Waals surface area contributed by atoms with Crippen molar-refractivity contribution in [1.82, 2.24) is 0 Å². The lowest BCUT2D eigenvalue weighted by atomic mass is 10.0. The molecule has 0 aliphatic carbocycles. The van der Waals surface area contributed by atoms with Crippen LogP contribution >= 0.6 is 11.6 Å². The molecule has 0 heterocycles. The highest BCUT2D eigenvalue weighted by Gasteiger charge is 2.08. The highest BCUT2D eigenvalue weighted by Crippen LogP contribution is 2.14. The molecule has 0 atom stereocenters. The molecule has 2 nitrogen and oxygen atoms in total. The molecule has 0 spiro atoms. The Balaban J connectivity index is 2.20. The monoisotopic (exact) mass is 260 g/mol. The van der Waals surface area contributed by atoms with Gasteiger partial charge < -0.3 is 4.74 Å². The van der Waals surface area contributed by atoms with E-state index in [1.165, 1.54) is 0 Å². The molecule has 2 aromatic carbocycles. The summed E-state index contributed by atoms with van der Waals surface area (Å²) in [5.74, 6) is -0.00404. The van der Waals surface area contributed by atoms with Crippen LogP contribution in [0.1, 0.15) is 21.5 Å². The van der Waals surface area contributed by atoms with Crippen LogP contribution in [0, 0.1) is 0 Å². The zero-order valence-corrected chi connectivity index (χ0v) is 10.8. The standard InChI is InChI=1S/C15H13ClO2/c1-18-10-11-2-4-12(5-3-11)15(17)13-6-8-14(16)9-7-13/h2-9H,10H2,1H3. The Bertz CT molecular complexity index is 529. The summed E-state index contributed by atoms with van der Waals surface area (Å²) >= 11 is 5.79. The smallest absolute Gasteiger partial charge is 0.193 e. The van der Waals surface area contributed by atoms with Gasteiger partial charge in [0, 0.05) is 23.3 Å². The average molecular weight is 261 g/mol. The molecule has 3 heteroatoms. The van der Waals surface area contributed by atoms with Crippen molar-refractivity contribution < 1.29 is 9.53 Å². The Kier molecular flexibility index (Phi) is 4.13. The molecule has 0 amide bonds. The number of carbonyl (C=O) groups is 1. The van der Waals surface area contributed by atoms with Crippen LogP contribution in [0.3, 0.4) is 0 Å². The molecule has 0 N–H and O–H groups in total.